The molecule has 2 aromatic rings. The van der Waals surface area contributed by atoms with Crippen molar-refractivity contribution < 1.29 is 9.47 Å². The third-order valence-electron chi connectivity index (χ3n) is 2.75. The summed E-state index contributed by atoms with van der Waals surface area (Å²) < 4.78 is 11.7. The summed E-state index contributed by atoms with van der Waals surface area (Å²) in [6.45, 7) is 7.68. The molecule has 0 saturated carbocycles. The molecule has 2 aromatic carbocycles. The smallest absolute Gasteiger partial charge is 0.161 e. The number of benzene rings is 2. The van der Waals surface area contributed by atoms with Crippen LogP contribution in [0.15, 0.2) is 54.6 Å². The largest absolute Gasteiger partial charge is 0.489 e. The highest BCUT2D eigenvalue weighted by atomic mass is 16.5. The van der Waals surface area contributed by atoms with Crippen LogP contribution in [0.3, 0.4) is 0 Å². The van der Waals surface area contributed by atoms with Gasteiger partial charge in [-0.3, -0.25) is 0 Å². The SMILES string of the molecule is CC(C)(C)COc1ccccc1OCc1ccccc1. The number of hydrogen-bond acceptors (Lipinski definition) is 2. The first kappa shape index (κ1) is 14.4. The monoisotopic (exact) mass is 270 g/mol. The van der Waals surface area contributed by atoms with Crippen LogP contribution >= 0.6 is 0 Å². The van der Waals surface area contributed by atoms with Gasteiger partial charge in [0.2, 0.25) is 0 Å². The van der Waals surface area contributed by atoms with Gasteiger partial charge in [-0.15, -0.1) is 0 Å². The second-order valence-corrected chi connectivity index (χ2v) is 6.07. The van der Waals surface area contributed by atoms with E-state index in [9.17, 15) is 0 Å². The summed E-state index contributed by atoms with van der Waals surface area (Å²) in [5.41, 5.74) is 1.28. The lowest BCUT2D eigenvalue weighted by molar-refractivity contribution is 0.186. The van der Waals surface area contributed by atoms with Crippen molar-refractivity contribution in [1.82, 2.24) is 0 Å². The van der Waals surface area contributed by atoms with Crippen molar-refractivity contribution in [2.24, 2.45) is 5.41 Å². The molecular formula is C18H22O2. The molecule has 0 saturated heterocycles. The second kappa shape index (κ2) is 6.47. The predicted octanol–water partition coefficient (Wildman–Crippen LogP) is 4.69. The van der Waals surface area contributed by atoms with E-state index in [0.29, 0.717) is 13.2 Å². The molecule has 0 spiro atoms. The Morgan fingerprint density at radius 2 is 1.30 bits per heavy atom. The van der Waals surface area contributed by atoms with E-state index in [-0.39, 0.29) is 5.41 Å². The minimum Gasteiger partial charge on any atom is -0.489 e. The van der Waals surface area contributed by atoms with E-state index in [1.165, 1.54) is 0 Å². The Bertz CT molecular complexity index is 527. The van der Waals surface area contributed by atoms with Crippen LogP contribution in [0.4, 0.5) is 0 Å². The van der Waals surface area contributed by atoms with Crippen molar-refractivity contribution in [1.29, 1.82) is 0 Å². The summed E-state index contributed by atoms with van der Waals surface area (Å²) in [5.74, 6) is 1.60. The zero-order chi connectivity index (χ0) is 14.4. The van der Waals surface area contributed by atoms with E-state index in [1.807, 2.05) is 42.5 Å². The zero-order valence-corrected chi connectivity index (χ0v) is 12.4. The van der Waals surface area contributed by atoms with Crippen molar-refractivity contribution in [2.75, 3.05) is 6.61 Å². The Hall–Kier alpha value is -1.96. The number of para-hydroxylation sites is 2. The van der Waals surface area contributed by atoms with E-state index >= 15 is 0 Å². The van der Waals surface area contributed by atoms with Gasteiger partial charge in [-0.25, -0.2) is 0 Å². The Morgan fingerprint density at radius 1 is 0.750 bits per heavy atom. The fraction of sp³-hybridized carbons (Fsp3) is 0.333. The van der Waals surface area contributed by atoms with Crippen LogP contribution in [0.5, 0.6) is 11.5 Å². The molecule has 0 aliphatic heterocycles. The van der Waals surface area contributed by atoms with Crippen LogP contribution in [0.25, 0.3) is 0 Å². The van der Waals surface area contributed by atoms with Gasteiger partial charge in [0, 0.05) is 0 Å². The van der Waals surface area contributed by atoms with Crippen LogP contribution in [-0.2, 0) is 6.61 Å². The fourth-order valence-corrected chi connectivity index (χ4v) is 1.72. The van der Waals surface area contributed by atoms with Crippen LogP contribution in [0.1, 0.15) is 26.3 Å². The Morgan fingerprint density at radius 3 is 1.90 bits per heavy atom. The van der Waals surface area contributed by atoms with Crippen molar-refractivity contribution in [3.05, 3.63) is 60.2 Å². The van der Waals surface area contributed by atoms with Crippen molar-refractivity contribution >= 4 is 0 Å². The molecule has 20 heavy (non-hydrogen) atoms. The predicted molar refractivity (Wildman–Crippen MR) is 82.2 cm³/mol. The Balaban J connectivity index is 2.01. The Labute approximate surface area is 121 Å². The molecule has 0 radical (unpaired) electrons. The van der Waals surface area contributed by atoms with Crippen LogP contribution in [0, 0.1) is 5.41 Å². The summed E-state index contributed by atoms with van der Waals surface area (Å²) >= 11 is 0. The van der Waals surface area contributed by atoms with Gasteiger partial charge in [0.05, 0.1) is 6.61 Å². The molecule has 0 heterocycles. The molecule has 2 nitrogen and oxygen atoms in total. The van der Waals surface area contributed by atoms with E-state index in [1.54, 1.807) is 0 Å². The van der Waals surface area contributed by atoms with Gasteiger partial charge < -0.3 is 9.47 Å². The van der Waals surface area contributed by atoms with Crippen molar-refractivity contribution in [3.8, 4) is 11.5 Å². The summed E-state index contributed by atoms with van der Waals surface area (Å²) in [6.07, 6.45) is 0. The Kier molecular flexibility index (Phi) is 4.67. The molecule has 0 atom stereocenters. The molecule has 0 N–H and O–H groups in total. The number of hydrogen-bond donors (Lipinski definition) is 0. The first-order chi connectivity index (χ1) is 9.54. The first-order valence-corrected chi connectivity index (χ1v) is 6.93. The highest BCUT2D eigenvalue weighted by Gasteiger charge is 2.13. The minimum atomic E-state index is 0.131. The lowest BCUT2D eigenvalue weighted by Crippen LogP contribution is -2.17. The molecule has 0 aromatic heterocycles. The zero-order valence-electron chi connectivity index (χ0n) is 12.4. The topological polar surface area (TPSA) is 18.5 Å². The van der Waals surface area contributed by atoms with Gasteiger partial charge in [0.15, 0.2) is 11.5 Å². The second-order valence-electron chi connectivity index (χ2n) is 6.07. The van der Waals surface area contributed by atoms with E-state index in [0.717, 1.165) is 17.1 Å². The van der Waals surface area contributed by atoms with Gasteiger partial charge in [-0.1, -0.05) is 63.2 Å². The third kappa shape index (κ3) is 4.61. The molecule has 0 unspecified atom stereocenters. The molecule has 0 amide bonds. The van der Waals surface area contributed by atoms with Gasteiger partial charge in [0.25, 0.3) is 0 Å². The van der Waals surface area contributed by atoms with E-state index in [4.69, 9.17) is 9.47 Å². The fourth-order valence-electron chi connectivity index (χ4n) is 1.72. The molecule has 0 fully saturated rings. The normalized spacial score (nSPS) is 11.2. The minimum absolute atomic E-state index is 0.131. The molecule has 0 aliphatic carbocycles. The summed E-state index contributed by atoms with van der Waals surface area (Å²) in [7, 11) is 0. The first-order valence-electron chi connectivity index (χ1n) is 6.93. The lowest BCUT2D eigenvalue weighted by atomic mass is 9.99. The standard InChI is InChI=1S/C18H22O2/c1-18(2,3)14-20-17-12-8-7-11-16(17)19-13-15-9-5-4-6-10-15/h4-12H,13-14H2,1-3H3. The van der Waals surface area contributed by atoms with Gasteiger partial charge in [-0.05, 0) is 23.1 Å². The van der Waals surface area contributed by atoms with E-state index in [2.05, 4.69) is 32.9 Å². The maximum Gasteiger partial charge on any atom is 0.161 e. The van der Waals surface area contributed by atoms with E-state index < -0.39 is 0 Å². The maximum absolute atomic E-state index is 5.86. The molecule has 2 heteroatoms. The average Bonchev–Trinajstić information content (AvgIpc) is 2.44. The van der Waals surface area contributed by atoms with Crippen LogP contribution in [-0.4, -0.2) is 6.61 Å². The average molecular weight is 270 g/mol. The third-order valence-corrected chi connectivity index (χ3v) is 2.75. The molecule has 0 bridgehead atoms. The maximum atomic E-state index is 5.86. The summed E-state index contributed by atoms with van der Waals surface area (Å²) in [5, 5.41) is 0. The summed E-state index contributed by atoms with van der Waals surface area (Å²) in [6, 6.07) is 18.0. The van der Waals surface area contributed by atoms with Gasteiger partial charge in [-0.2, -0.15) is 0 Å². The molecular weight excluding hydrogens is 248 g/mol. The highest BCUT2D eigenvalue weighted by molar-refractivity contribution is 5.39. The quantitative estimate of drug-likeness (QED) is 0.784. The molecule has 2 rings (SSSR count). The number of ether oxygens (including phenoxy) is 2. The van der Waals surface area contributed by atoms with Crippen molar-refractivity contribution in [2.45, 2.75) is 27.4 Å². The van der Waals surface area contributed by atoms with Crippen molar-refractivity contribution in [3.63, 3.8) is 0 Å². The van der Waals surface area contributed by atoms with Crippen LogP contribution in [0.2, 0.25) is 0 Å². The van der Waals surface area contributed by atoms with Gasteiger partial charge >= 0.3 is 0 Å². The molecule has 106 valence electrons. The number of rotatable bonds is 5. The van der Waals surface area contributed by atoms with Crippen LogP contribution < -0.4 is 9.47 Å². The highest BCUT2D eigenvalue weighted by Crippen LogP contribution is 2.29. The lowest BCUT2D eigenvalue weighted by Gasteiger charge is -2.20. The summed E-state index contributed by atoms with van der Waals surface area (Å²) in [4.78, 5) is 0. The van der Waals surface area contributed by atoms with Gasteiger partial charge in [0.1, 0.15) is 6.61 Å². The molecule has 0 aliphatic rings.